The minimum Gasteiger partial charge on any atom is -0.379 e. The molecule has 0 bridgehead atoms. The van der Waals surface area contributed by atoms with Crippen molar-refractivity contribution in [2.45, 2.75) is 19.8 Å². The first-order valence-electron chi connectivity index (χ1n) is 10.4. The predicted octanol–water partition coefficient (Wildman–Crippen LogP) is 3.40. The van der Waals surface area contributed by atoms with Gasteiger partial charge in [0.1, 0.15) is 5.70 Å². The van der Waals surface area contributed by atoms with Gasteiger partial charge in [-0.3, -0.25) is 19.4 Å². The minimum absolute atomic E-state index is 0.225. The average Bonchev–Trinajstić information content (AvgIpc) is 3.35. The van der Waals surface area contributed by atoms with Gasteiger partial charge in [-0.2, -0.15) is 0 Å². The molecule has 2 aliphatic rings. The van der Waals surface area contributed by atoms with Crippen LogP contribution in [0.15, 0.2) is 47.5 Å². The normalized spacial score (nSPS) is 18.0. The standard InChI is InChI=1S/C23H27N3O3S/c1-16(2)17-5-7-18(8-6-17)24-21-20(19-4-3-15-30-19)22(27)26(23(21)28)10-9-25-11-13-29-14-12-25/h3-8,15-16,24H,9-14H2,1-2H3. The van der Waals surface area contributed by atoms with Crippen LogP contribution in [0.2, 0.25) is 0 Å². The molecule has 1 saturated heterocycles. The van der Waals surface area contributed by atoms with Gasteiger partial charge >= 0.3 is 0 Å². The van der Waals surface area contributed by atoms with E-state index in [1.54, 1.807) is 0 Å². The Morgan fingerprint density at radius 1 is 1.03 bits per heavy atom. The molecule has 158 valence electrons. The van der Waals surface area contributed by atoms with Crippen molar-refractivity contribution in [3.63, 3.8) is 0 Å². The van der Waals surface area contributed by atoms with E-state index in [1.807, 2.05) is 29.6 Å². The highest BCUT2D eigenvalue weighted by atomic mass is 32.1. The lowest BCUT2D eigenvalue weighted by atomic mass is 10.0. The summed E-state index contributed by atoms with van der Waals surface area (Å²) in [4.78, 5) is 30.8. The predicted molar refractivity (Wildman–Crippen MR) is 119 cm³/mol. The largest absolute Gasteiger partial charge is 0.379 e. The lowest BCUT2D eigenvalue weighted by Crippen LogP contribution is -2.43. The summed E-state index contributed by atoms with van der Waals surface area (Å²) in [5.74, 6) is -0.0491. The van der Waals surface area contributed by atoms with E-state index in [4.69, 9.17) is 4.74 Å². The molecule has 1 aromatic carbocycles. The lowest BCUT2D eigenvalue weighted by molar-refractivity contribution is -0.137. The van der Waals surface area contributed by atoms with Crippen LogP contribution in [-0.2, 0) is 14.3 Å². The molecule has 1 N–H and O–H groups in total. The van der Waals surface area contributed by atoms with E-state index in [9.17, 15) is 9.59 Å². The van der Waals surface area contributed by atoms with E-state index in [2.05, 4.69) is 36.2 Å². The van der Waals surface area contributed by atoms with Crippen molar-refractivity contribution < 1.29 is 14.3 Å². The Balaban J connectivity index is 1.56. The number of amides is 2. The minimum atomic E-state index is -0.260. The number of carbonyl (C=O) groups excluding carboxylic acids is 2. The van der Waals surface area contributed by atoms with Crippen molar-refractivity contribution in [2.24, 2.45) is 0 Å². The molecule has 30 heavy (non-hydrogen) atoms. The Labute approximate surface area is 181 Å². The molecule has 7 heteroatoms. The zero-order valence-corrected chi connectivity index (χ0v) is 18.2. The van der Waals surface area contributed by atoms with E-state index < -0.39 is 0 Å². The number of nitrogens with one attached hydrogen (secondary N) is 1. The monoisotopic (exact) mass is 425 g/mol. The molecule has 0 saturated carbocycles. The number of hydrogen-bond acceptors (Lipinski definition) is 6. The third-order valence-electron chi connectivity index (χ3n) is 5.53. The molecular weight excluding hydrogens is 398 g/mol. The number of morpholine rings is 1. The summed E-state index contributed by atoms with van der Waals surface area (Å²) in [5, 5.41) is 5.16. The Kier molecular flexibility index (Phi) is 6.32. The number of ether oxygens (including phenoxy) is 1. The first-order valence-corrected chi connectivity index (χ1v) is 11.2. The van der Waals surface area contributed by atoms with Gasteiger partial charge in [0, 0.05) is 36.7 Å². The number of hydrogen-bond donors (Lipinski definition) is 1. The molecule has 0 aliphatic carbocycles. The number of nitrogens with zero attached hydrogens (tertiary/aromatic N) is 2. The third-order valence-corrected chi connectivity index (χ3v) is 6.41. The second-order valence-corrected chi connectivity index (χ2v) is 8.79. The van der Waals surface area contributed by atoms with Gasteiger partial charge < -0.3 is 10.1 Å². The van der Waals surface area contributed by atoms with Crippen LogP contribution in [0.25, 0.3) is 5.57 Å². The first-order chi connectivity index (χ1) is 14.5. The van der Waals surface area contributed by atoms with E-state index in [-0.39, 0.29) is 11.8 Å². The van der Waals surface area contributed by atoms with Gasteiger partial charge in [-0.25, -0.2) is 0 Å². The first kappa shape index (κ1) is 20.8. The van der Waals surface area contributed by atoms with Crippen molar-refractivity contribution in [2.75, 3.05) is 44.7 Å². The van der Waals surface area contributed by atoms with Gasteiger partial charge in [-0.15, -0.1) is 11.3 Å². The van der Waals surface area contributed by atoms with E-state index >= 15 is 0 Å². The van der Waals surface area contributed by atoms with Gasteiger partial charge in [0.05, 0.1) is 18.8 Å². The van der Waals surface area contributed by atoms with Crippen LogP contribution in [0.3, 0.4) is 0 Å². The highest BCUT2D eigenvalue weighted by molar-refractivity contribution is 7.11. The number of anilines is 1. The topological polar surface area (TPSA) is 61.9 Å². The summed E-state index contributed by atoms with van der Waals surface area (Å²) < 4.78 is 5.38. The van der Waals surface area contributed by atoms with Gasteiger partial charge in [0.2, 0.25) is 0 Å². The maximum Gasteiger partial charge on any atom is 0.278 e. The Hall–Kier alpha value is -2.48. The molecule has 2 aliphatic heterocycles. The summed E-state index contributed by atoms with van der Waals surface area (Å²) in [7, 11) is 0. The quantitative estimate of drug-likeness (QED) is 0.689. The highest BCUT2D eigenvalue weighted by Crippen LogP contribution is 2.33. The maximum atomic E-state index is 13.2. The number of benzene rings is 1. The van der Waals surface area contributed by atoms with Gasteiger partial charge in [-0.05, 0) is 35.1 Å². The van der Waals surface area contributed by atoms with Crippen LogP contribution in [0.1, 0.15) is 30.2 Å². The van der Waals surface area contributed by atoms with Crippen LogP contribution in [0.5, 0.6) is 0 Å². The number of thiophene rings is 1. The van der Waals surface area contributed by atoms with Crippen molar-refractivity contribution in [1.82, 2.24) is 9.80 Å². The van der Waals surface area contributed by atoms with E-state index in [0.717, 1.165) is 23.7 Å². The zero-order chi connectivity index (χ0) is 21.1. The molecule has 1 aromatic heterocycles. The molecule has 0 atom stereocenters. The van der Waals surface area contributed by atoms with Crippen molar-refractivity contribution in [3.05, 3.63) is 57.9 Å². The van der Waals surface area contributed by atoms with Gasteiger partial charge in [0.25, 0.3) is 11.8 Å². The molecule has 3 heterocycles. The second-order valence-electron chi connectivity index (χ2n) is 7.84. The summed E-state index contributed by atoms with van der Waals surface area (Å²) in [5.41, 5.74) is 2.86. The Bertz CT molecular complexity index is 929. The summed E-state index contributed by atoms with van der Waals surface area (Å²) >= 11 is 1.47. The smallest absolute Gasteiger partial charge is 0.278 e. The van der Waals surface area contributed by atoms with E-state index in [1.165, 1.54) is 21.8 Å². The fourth-order valence-corrected chi connectivity index (χ4v) is 4.47. The molecule has 0 unspecified atom stereocenters. The lowest BCUT2D eigenvalue weighted by Gasteiger charge is -2.28. The van der Waals surface area contributed by atoms with Crippen LogP contribution >= 0.6 is 11.3 Å². The molecule has 2 aromatic rings. The Morgan fingerprint density at radius 3 is 2.40 bits per heavy atom. The van der Waals surface area contributed by atoms with Crippen molar-refractivity contribution in [1.29, 1.82) is 0 Å². The van der Waals surface area contributed by atoms with Crippen LogP contribution in [0, 0.1) is 0 Å². The number of imide groups is 1. The summed E-state index contributed by atoms with van der Waals surface area (Å²) in [6.45, 7) is 8.37. The number of rotatable bonds is 7. The second kappa shape index (κ2) is 9.12. The fraction of sp³-hybridized carbons (Fsp3) is 0.391. The van der Waals surface area contributed by atoms with Gasteiger partial charge in [-0.1, -0.05) is 32.0 Å². The molecule has 0 radical (unpaired) electrons. The SMILES string of the molecule is CC(C)c1ccc(NC2=C(c3cccs3)C(=O)N(CCN3CCOCC3)C2=O)cc1. The molecular formula is C23H27N3O3S. The molecule has 4 rings (SSSR count). The van der Waals surface area contributed by atoms with Crippen molar-refractivity contribution >= 4 is 34.4 Å². The zero-order valence-electron chi connectivity index (χ0n) is 17.4. The molecule has 2 amide bonds. The van der Waals surface area contributed by atoms with Crippen LogP contribution in [0.4, 0.5) is 5.69 Å². The van der Waals surface area contributed by atoms with E-state index in [0.29, 0.717) is 43.5 Å². The molecule has 0 spiro atoms. The highest BCUT2D eigenvalue weighted by Gasteiger charge is 2.39. The average molecular weight is 426 g/mol. The van der Waals surface area contributed by atoms with Gasteiger partial charge in [0.15, 0.2) is 0 Å². The fourth-order valence-electron chi connectivity index (χ4n) is 3.71. The Morgan fingerprint density at radius 2 is 1.77 bits per heavy atom. The van der Waals surface area contributed by atoms with Crippen molar-refractivity contribution in [3.8, 4) is 0 Å². The maximum absolute atomic E-state index is 13.2. The molecule has 6 nitrogen and oxygen atoms in total. The molecule has 1 fully saturated rings. The third kappa shape index (κ3) is 4.33. The number of carbonyl (C=O) groups is 2. The van der Waals surface area contributed by atoms with Crippen LogP contribution in [-0.4, -0.2) is 61.0 Å². The van der Waals surface area contributed by atoms with Crippen LogP contribution < -0.4 is 5.32 Å². The summed E-state index contributed by atoms with van der Waals surface area (Å²) in [6.07, 6.45) is 0. The summed E-state index contributed by atoms with van der Waals surface area (Å²) in [6, 6.07) is 11.8.